The third-order valence-corrected chi connectivity index (χ3v) is 6.27. The Morgan fingerprint density at radius 1 is 1.24 bits per heavy atom. The van der Waals surface area contributed by atoms with Crippen LogP contribution in [0.1, 0.15) is 31.7 Å². The number of fused-ring (bicyclic) bond motifs is 1. The Balaban J connectivity index is 1.59. The first-order chi connectivity index (χ1) is 14.1. The summed E-state index contributed by atoms with van der Waals surface area (Å²) in [7, 11) is 4.07. The largest absolute Gasteiger partial charge is 0.381 e. The van der Waals surface area contributed by atoms with Crippen LogP contribution in [-0.4, -0.2) is 62.8 Å². The summed E-state index contributed by atoms with van der Waals surface area (Å²) in [5, 5.41) is 4.70. The van der Waals surface area contributed by atoms with Crippen molar-refractivity contribution in [3.63, 3.8) is 0 Å². The summed E-state index contributed by atoms with van der Waals surface area (Å²) >= 11 is 0. The van der Waals surface area contributed by atoms with Crippen LogP contribution in [0.4, 0.5) is 5.82 Å². The Morgan fingerprint density at radius 2 is 2.03 bits per heavy atom. The minimum absolute atomic E-state index is 0.413. The first kappa shape index (κ1) is 20.0. The Morgan fingerprint density at radius 3 is 2.79 bits per heavy atom. The second-order valence-electron chi connectivity index (χ2n) is 8.51. The predicted octanol–water partition coefficient (Wildman–Crippen LogP) is 3.27. The lowest BCUT2D eigenvalue weighted by molar-refractivity contribution is 0.0217. The maximum Gasteiger partial charge on any atom is 0.194 e. The van der Waals surface area contributed by atoms with Gasteiger partial charge in [0, 0.05) is 52.3 Å². The highest BCUT2D eigenvalue weighted by Crippen LogP contribution is 2.39. The number of ether oxygens (including phenoxy) is 1. The molecule has 1 N–H and O–H groups in total. The van der Waals surface area contributed by atoms with E-state index in [1.165, 1.54) is 30.2 Å². The van der Waals surface area contributed by atoms with Gasteiger partial charge >= 0.3 is 0 Å². The number of guanidine groups is 1. The average Bonchev–Trinajstić information content (AvgIpc) is 3.14. The molecule has 0 saturated carbocycles. The number of pyridine rings is 1. The molecule has 0 unspecified atom stereocenters. The van der Waals surface area contributed by atoms with Gasteiger partial charge in [0.05, 0.1) is 12.1 Å². The Bertz CT molecular complexity index is 873. The van der Waals surface area contributed by atoms with E-state index in [2.05, 4.69) is 46.3 Å². The van der Waals surface area contributed by atoms with E-state index >= 15 is 0 Å². The smallest absolute Gasteiger partial charge is 0.194 e. The van der Waals surface area contributed by atoms with Crippen molar-refractivity contribution in [2.45, 2.75) is 32.7 Å². The highest BCUT2D eigenvalue weighted by molar-refractivity contribution is 5.85. The Kier molecular flexibility index (Phi) is 5.90. The number of hydrogen-bond donors (Lipinski definition) is 1. The molecule has 1 aromatic carbocycles. The van der Waals surface area contributed by atoms with E-state index in [0.29, 0.717) is 12.0 Å². The van der Waals surface area contributed by atoms with Crippen molar-refractivity contribution in [2.24, 2.45) is 10.4 Å². The van der Waals surface area contributed by atoms with Crippen LogP contribution in [0.5, 0.6) is 0 Å². The lowest BCUT2D eigenvalue weighted by Crippen LogP contribution is -2.42. The maximum atomic E-state index is 5.60. The molecular formula is C23H33N5O. The molecule has 3 heterocycles. The number of nitrogens with zero attached hydrogens (tertiary/aromatic N) is 4. The molecule has 1 spiro atoms. The molecule has 1 aromatic heterocycles. The van der Waals surface area contributed by atoms with E-state index in [1.54, 1.807) is 0 Å². The topological polar surface area (TPSA) is 53.0 Å². The summed E-state index contributed by atoms with van der Waals surface area (Å²) in [5.74, 6) is 2.00. The van der Waals surface area contributed by atoms with Crippen molar-refractivity contribution in [3.05, 3.63) is 35.9 Å². The van der Waals surface area contributed by atoms with Crippen molar-refractivity contribution in [2.75, 3.05) is 51.8 Å². The zero-order valence-electron chi connectivity index (χ0n) is 17.9. The zero-order chi connectivity index (χ0) is 20.3. The standard InChI is InChI=1S/C23H33N5O/c1-4-24-22(28-12-9-23(17-28)10-13-29-14-11-23)25-16-18-15-21(27(2)3)26-20-8-6-5-7-19(18)20/h5-8,15H,4,9-14,16-17H2,1-3H3,(H,24,25). The van der Waals surface area contributed by atoms with E-state index in [0.717, 1.165) is 50.1 Å². The fraction of sp³-hybridized carbons (Fsp3) is 0.565. The van der Waals surface area contributed by atoms with Crippen molar-refractivity contribution in [1.82, 2.24) is 15.2 Å². The third kappa shape index (κ3) is 4.32. The van der Waals surface area contributed by atoms with Crippen LogP contribution in [0.2, 0.25) is 0 Å². The van der Waals surface area contributed by atoms with Gasteiger partial charge in [-0.25, -0.2) is 9.98 Å². The zero-order valence-corrected chi connectivity index (χ0v) is 17.9. The summed E-state index contributed by atoms with van der Waals surface area (Å²) in [6, 6.07) is 10.5. The molecule has 4 rings (SSSR count). The second-order valence-corrected chi connectivity index (χ2v) is 8.51. The first-order valence-electron chi connectivity index (χ1n) is 10.8. The van der Waals surface area contributed by atoms with E-state index in [-0.39, 0.29) is 0 Å². The number of anilines is 1. The number of rotatable bonds is 4. The summed E-state index contributed by atoms with van der Waals surface area (Å²) in [5.41, 5.74) is 2.65. The van der Waals surface area contributed by atoms with Crippen LogP contribution in [0.25, 0.3) is 10.9 Å². The highest BCUT2D eigenvalue weighted by atomic mass is 16.5. The van der Waals surface area contributed by atoms with Gasteiger partial charge in [0.25, 0.3) is 0 Å². The summed E-state index contributed by atoms with van der Waals surface area (Å²) in [6.45, 7) is 7.63. The van der Waals surface area contributed by atoms with Crippen LogP contribution in [0.15, 0.2) is 35.3 Å². The van der Waals surface area contributed by atoms with Gasteiger partial charge in [0.2, 0.25) is 0 Å². The number of aliphatic imine (C=N–C) groups is 1. The third-order valence-electron chi connectivity index (χ3n) is 6.27. The van der Waals surface area contributed by atoms with Crippen molar-refractivity contribution in [3.8, 4) is 0 Å². The molecule has 2 aliphatic rings. The van der Waals surface area contributed by atoms with Crippen molar-refractivity contribution >= 4 is 22.7 Å². The van der Waals surface area contributed by atoms with Gasteiger partial charge in [0.15, 0.2) is 5.96 Å². The fourth-order valence-electron chi connectivity index (χ4n) is 4.51. The van der Waals surface area contributed by atoms with Crippen LogP contribution in [0.3, 0.4) is 0 Å². The van der Waals surface area contributed by atoms with E-state index in [1.807, 2.05) is 20.2 Å². The molecule has 0 bridgehead atoms. The van der Waals surface area contributed by atoms with E-state index < -0.39 is 0 Å². The number of para-hydroxylation sites is 1. The lowest BCUT2D eigenvalue weighted by Gasteiger charge is -2.33. The number of nitrogens with one attached hydrogen (secondary N) is 1. The molecule has 0 atom stereocenters. The van der Waals surface area contributed by atoms with Crippen LogP contribution < -0.4 is 10.2 Å². The number of aromatic nitrogens is 1. The maximum absolute atomic E-state index is 5.60. The lowest BCUT2D eigenvalue weighted by atomic mass is 9.80. The average molecular weight is 396 g/mol. The molecule has 0 radical (unpaired) electrons. The van der Waals surface area contributed by atoms with Gasteiger partial charge in [-0.1, -0.05) is 18.2 Å². The van der Waals surface area contributed by atoms with Crippen molar-refractivity contribution < 1.29 is 4.74 Å². The molecule has 6 nitrogen and oxygen atoms in total. The minimum atomic E-state index is 0.413. The summed E-state index contributed by atoms with van der Waals surface area (Å²) < 4.78 is 5.60. The SMILES string of the molecule is CCNC(=NCc1cc(N(C)C)nc2ccccc12)N1CCC2(CCOCC2)C1. The van der Waals surface area contributed by atoms with Crippen LogP contribution in [0, 0.1) is 5.41 Å². The van der Waals surface area contributed by atoms with Crippen molar-refractivity contribution in [1.29, 1.82) is 0 Å². The molecule has 0 amide bonds. The Hall–Kier alpha value is -2.34. The quantitative estimate of drug-likeness (QED) is 0.636. The van der Waals surface area contributed by atoms with E-state index in [9.17, 15) is 0 Å². The van der Waals surface area contributed by atoms with E-state index in [4.69, 9.17) is 14.7 Å². The Labute approximate surface area is 174 Å². The molecule has 2 saturated heterocycles. The number of likely N-dealkylation sites (tertiary alicyclic amines) is 1. The van der Waals surface area contributed by atoms with Gasteiger partial charge < -0.3 is 19.9 Å². The van der Waals surface area contributed by atoms with Gasteiger partial charge in [0.1, 0.15) is 5.82 Å². The minimum Gasteiger partial charge on any atom is -0.381 e. The molecule has 2 aliphatic heterocycles. The second kappa shape index (κ2) is 8.57. The summed E-state index contributed by atoms with van der Waals surface area (Å²) in [4.78, 5) is 14.3. The monoisotopic (exact) mass is 395 g/mol. The van der Waals surface area contributed by atoms with Gasteiger partial charge in [-0.3, -0.25) is 0 Å². The molecule has 6 heteroatoms. The van der Waals surface area contributed by atoms with Crippen LogP contribution >= 0.6 is 0 Å². The van der Waals surface area contributed by atoms with Gasteiger partial charge in [-0.15, -0.1) is 0 Å². The van der Waals surface area contributed by atoms with Gasteiger partial charge in [-0.05, 0) is 49.3 Å². The number of hydrogen-bond acceptors (Lipinski definition) is 4. The summed E-state index contributed by atoms with van der Waals surface area (Å²) in [6.07, 6.45) is 3.58. The first-order valence-corrected chi connectivity index (χ1v) is 10.8. The molecule has 156 valence electrons. The molecule has 0 aliphatic carbocycles. The molecule has 2 fully saturated rings. The molecular weight excluding hydrogens is 362 g/mol. The van der Waals surface area contributed by atoms with Crippen LogP contribution in [-0.2, 0) is 11.3 Å². The highest BCUT2D eigenvalue weighted by Gasteiger charge is 2.40. The normalized spacial score (nSPS) is 19.1. The molecule has 29 heavy (non-hydrogen) atoms. The predicted molar refractivity (Wildman–Crippen MR) is 120 cm³/mol. The number of benzene rings is 1. The van der Waals surface area contributed by atoms with Gasteiger partial charge in [-0.2, -0.15) is 0 Å². The molecule has 2 aromatic rings. The fourth-order valence-corrected chi connectivity index (χ4v) is 4.51.